The molecule has 2 aromatic carbocycles. The van der Waals surface area contributed by atoms with Crippen LogP contribution in [0.15, 0.2) is 48.8 Å². The van der Waals surface area contributed by atoms with Crippen LogP contribution in [-0.4, -0.2) is 14.8 Å². The molecule has 0 radical (unpaired) electrons. The van der Waals surface area contributed by atoms with E-state index in [1.165, 1.54) is 0 Å². The van der Waals surface area contributed by atoms with Crippen molar-refractivity contribution >= 4 is 17.3 Å². The summed E-state index contributed by atoms with van der Waals surface area (Å²) in [6.45, 7) is 0. The van der Waals surface area contributed by atoms with Gasteiger partial charge in [-0.2, -0.15) is 5.26 Å². The number of nitrogen functional groups attached to an aromatic ring is 1. The first-order valence-electron chi connectivity index (χ1n) is 6.15. The number of aromatic nitrogens is 3. The first-order chi connectivity index (χ1) is 10.2. The van der Waals surface area contributed by atoms with Gasteiger partial charge in [-0.1, -0.05) is 23.7 Å². The SMILES string of the molecule is N#Cc1cc(Cl)ccc1-n1cnc(-c2cccc(N)c2)n1. The van der Waals surface area contributed by atoms with Crippen LogP contribution in [0.1, 0.15) is 5.56 Å². The van der Waals surface area contributed by atoms with Crippen LogP contribution in [0, 0.1) is 11.3 Å². The van der Waals surface area contributed by atoms with E-state index in [4.69, 9.17) is 17.3 Å². The van der Waals surface area contributed by atoms with Crippen LogP contribution >= 0.6 is 11.6 Å². The summed E-state index contributed by atoms with van der Waals surface area (Å²) in [5.41, 5.74) is 8.29. The third-order valence-electron chi connectivity index (χ3n) is 2.96. The van der Waals surface area contributed by atoms with Gasteiger partial charge in [0, 0.05) is 16.3 Å². The molecule has 2 N–H and O–H groups in total. The summed E-state index contributed by atoms with van der Waals surface area (Å²) < 4.78 is 1.55. The number of nitrogens with two attached hydrogens (primary N) is 1. The Hall–Kier alpha value is -2.84. The van der Waals surface area contributed by atoms with Gasteiger partial charge >= 0.3 is 0 Å². The number of hydrogen-bond donors (Lipinski definition) is 1. The molecule has 0 aliphatic rings. The predicted octanol–water partition coefficient (Wildman–Crippen LogP) is 3.04. The van der Waals surface area contributed by atoms with Crippen LogP contribution in [-0.2, 0) is 0 Å². The summed E-state index contributed by atoms with van der Waals surface area (Å²) in [4.78, 5) is 4.26. The Bertz CT molecular complexity index is 847. The Balaban J connectivity index is 2.05. The van der Waals surface area contributed by atoms with Gasteiger partial charge in [0.2, 0.25) is 0 Å². The average Bonchev–Trinajstić information content (AvgIpc) is 2.96. The quantitative estimate of drug-likeness (QED) is 0.737. The zero-order valence-corrected chi connectivity index (χ0v) is 11.6. The fraction of sp³-hybridized carbons (Fsp3) is 0. The van der Waals surface area contributed by atoms with Crippen molar-refractivity contribution in [1.29, 1.82) is 5.26 Å². The summed E-state index contributed by atoms with van der Waals surface area (Å²) in [6, 6.07) is 14.5. The Morgan fingerprint density at radius 1 is 1.19 bits per heavy atom. The smallest absolute Gasteiger partial charge is 0.181 e. The molecule has 0 aliphatic carbocycles. The van der Waals surface area contributed by atoms with Crippen LogP contribution < -0.4 is 5.73 Å². The van der Waals surface area contributed by atoms with Gasteiger partial charge in [0.25, 0.3) is 0 Å². The van der Waals surface area contributed by atoms with Gasteiger partial charge in [0.15, 0.2) is 5.82 Å². The van der Waals surface area contributed by atoms with E-state index in [1.54, 1.807) is 41.3 Å². The van der Waals surface area contributed by atoms with Crippen molar-refractivity contribution < 1.29 is 0 Å². The van der Waals surface area contributed by atoms with Crippen LogP contribution in [0.3, 0.4) is 0 Å². The fourth-order valence-electron chi connectivity index (χ4n) is 1.99. The minimum atomic E-state index is 0.437. The molecule has 3 aromatic rings. The van der Waals surface area contributed by atoms with E-state index in [2.05, 4.69) is 16.2 Å². The molecule has 3 rings (SSSR count). The Morgan fingerprint density at radius 2 is 2.05 bits per heavy atom. The monoisotopic (exact) mass is 295 g/mol. The van der Waals surface area contributed by atoms with Gasteiger partial charge < -0.3 is 5.73 Å². The molecule has 0 unspecified atom stereocenters. The zero-order valence-electron chi connectivity index (χ0n) is 10.9. The van der Waals surface area contributed by atoms with Gasteiger partial charge in [-0.05, 0) is 30.3 Å². The van der Waals surface area contributed by atoms with Crippen molar-refractivity contribution in [2.75, 3.05) is 5.73 Å². The minimum absolute atomic E-state index is 0.437. The summed E-state index contributed by atoms with van der Waals surface area (Å²) in [6.07, 6.45) is 1.56. The number of nitriles is 1. The molecule has 0 amide bonds. The van der Waals surface area contributed by atoms with Crippen LogP contribution in [0.25, 0.3) is 17.1 Å². The largest absolute Gasteiger partial charge is 0.399 e. The summed E-state index contributed by atoms with van der Waals surface area (Å²) >= 11 is 5.89. The highest BCUT2D eigenvalue weighted by Crippen LogP contribution is 2.21. The molecule has 102 valence electrons. The van der Waals surface area contributed by atoms with E-state index < -0.39 is 0 Å². The van der Waals surface area contributed by atoms with Crippen molar-refractivity contribution in [1.82, 2.24) is 14.8 Å². The molecule has 0 saturated carbocycles. The number of rotatable bonds is 2. The van der Waals surface area contributed by atoms with E-state index in [-0.39, 0.29) is 0 Å². The molecule has 1 heterocycles. The van der Waals surface area contributed by atoms with E-state index in [0.29, 0.717) is 27.8 Å². The number of hydrogen-bond acceptors (Lipinski definition) is 4. The normalized spacial score (nSPS) is 10.3. The summed E-state index contributed by atoms with van der Waals surface area (Å²) in [7, 11) is 0. The maximum absolute atomic E-state index is 9.18. The average molecular weight is 296 g/mol. The van der Waals surface area contributed by atoms with E-state index in [1.807, 2.05) is 12.1 Å². The van der Waals surface area contributed by atoms with Crippen LogP contribution in [0.2, 0.25) is 5.02 Å². The zero-order chi connectivity index (χ0) is 14.8. The van der Waals surface area contributed by atoms with Crippen molar-refractivity contribution in [3.63, 3.8) is 0 Å². The molecule has 5 nitrogen and oxygen atoms in total. The standard InChI is InChI=1S/C15H10ClN5/c16-12-4-5-14(11(6-12)8-17)21-9-19-15(20-21)10-2-1-3-13(18)7-10/h1-7,9H,18H2. The van der Waals surface area contributed by atoms with Crippen LogP contribution in [0.4, 0.5) is 5.69 Å². The highest BCUT2D eigenvalue weighted by atomic mass is 35.5. The van der Waals surface area contributed by atoms with Gasteiger partial charge in [-0.3, -0.25) is 0 Å². The second kappa shape index (κ2) is 5.27. The lowest BCUT2D eigenvalue weighted by Crippen LogP contribution is -1.98. The molecule has 0 aliphatic heterocycles. The van der Waals surface area contributed by atoms with Crippen molar-refractivity contribution in [2.24, 2.45) is 0 Å². The maximum Gasteiger partial charge on any atom is 0.181 e. The summed E-state index contributed by atoms with van der Waals surface area (Å²) in [5, 5.41) is 14.1. The molecule has 0 fully saturated rings. The topological polar surface area (TPSA) is 80.5 Å². The second-order valence-electron chi connectivity index (χ2n) is 4.41. The van der Waals surface area contributed by atoms with Gasteiger partial charge in [-0.25, -0.2) is 9.67 Å². The van der Waals surface area contributed by atoms with E-state index in [9.17, 15) is 5.26 Å². The van der Waals surface area contributed by atoms with Crippen molar-refractivity contribution in [2.45, 2.75) is 0 Å². The molecule has 21 heavy (non-hydrogen) atoms. The minimum Gasteiger partial charge on any atom is -0.399 e. The molecule has 1 aromatic heterocycles. The Morgan fingerprint density at radius 3 is 2.81 bits per heavy atom. The molecule has 0 spiro atoms. The Labute approximate surface area is 126 Å². The lowest BCUT2D eigenvalue weighted by molar-refractivity contribution is 0.879. The molecular formula is C15H10ClN5. The fourth-order valence-corrected chi connectivity index (χ4v) is 2.16. The highest BCUT2D eigenvalue weighted by molar-refractivity contribution is 6.30. The van der Waals surface area contributed by atoms with Gasteiger partial charge in [0.1, 0.15) is 12.4 Å². The molecular weight excluding hydrogens is 286 g/mol. The molecule has 0 atom stereocenters. The first kappa shape index (κ1) is 13.2. The summed E-state index contributed by atoms with van der Waals surface area (Å²) in [5.74, 6) is 0.543. The first-order valence-corrected chi connectivity index (χ1v) is 6.53. The van der Waals surface area contributed by atoms with Gasteiger partial charge in [0.05, 0.1) is 11.3 Å². The highest BCUT2D eigenvalue weighted by Gasteiger charge is 2.09. The molecule has 0 saturated heterocycles. The van der Waals surface area contributed by atoms with Crippen molar-refractivity contribution in [3.05, 3.63) is 59.4 Å². The Kier molecular flexibility index (Phi) is 3.30. The van der Waals surface area contributed by atoms with Gasteiger partial charge in [-0.15, -0.1) is 5.10 Å². The molecule has 0 bridgehead atoms. The lowest BCUT2D eigenvalue weighted by Gasteiger charge is -2.03. The molecule has 6 heteroatoms. The number of benzene rings is 2. The van der Waals surface area contributed by atoms with Crippen LogP contribution in [0.5, 0.6) is 0 Å². The van der Waals surface area contributed by atoms with Crippen molar-refractivity contribution in [3.8, 4) is 23.1 Å². The number of nitrogens with zero attached hydrogens (tertiary/aromatic N) is 4. The predicted molar refractivity (Wildman–Crippen MR) is 80.9 cm³/mol. The second-order valence-corrected chi connectivity index (χ2v) is 4.85. The lowest BCUT2D eigenvalue weighted by atomic mass is 10.2. The maximum atomic E-state index is 9.18. The third kappa shape index (κ3) is 2.57. The number of anilines is 1. The number of halogens is 1. The third-order valence-corrected chi connectivity index (χ3v) is 3.20. The van der Waals surface area contributed by atoms with E-state index in [0.717, 1.165) is 5.56 Å². The van der Waals surface area contributed by atoms with E-state index >= 15 is 0 Å².